The molecule has 0 unspecified atom stereocenters. The second-order valence-corrected chi connectivity index (χ2v) is 6.00. The van der Waals surface area contributed by atoms with Crippen molar-refractivity contribution in [2.75, 3.05) is 25.4 Å². The number of ether oxygens (including phenoxy) is 1. The first-order chi connectivity index (χ1) is 10.6. The van der Waals surface area contributed by atoms with Crippen LogP contribution >= 0.6 is 0 Å². The van der Waals surface area contributed by atoms with Gasteiger partial charge in [0, 0.05) is 6.20 Å². The summed E-state index contributed by atoms with van der Waals surface area (Å²) in [7, 11) is 0. The van der Waals surface area contributed by atoms with Crippen molar-refractivity contribution >= 4 is 11.6 Å². The van der Waals surface area contributed by atoms with Crippen molar-refractivity contribution in [3.63, 3.8) is 0 Å². The highest BCUT2D eigenvalue weighted by Gasteiger charge is 2.32. The number of nitrogen functional groups attached to an aromatic ring is 1. The zero-order chi connectivity index (χ0) is 15.5. The summed E-state index contributed by atoms with van der Waals surface area (Å²) in [6, 6.07) is 1.56. The van der Waals surface area contributed by atoms with Crippen LogP contribution in [-0.2, 0) is 9.53 Å². The van der Waals surface area contributed by atoms with Crippen LogP contribution in [0.4, 0.5) is 5.82 Å². The maximum Gasteiger partial charge on any atom is 0.351 e. The Labute approximate surface area is 129 Å². The lowest BCUT2D eigenvalue weighted by Crippen LogP contribution is -2.38. The molecule has 2 N–H and O–H groups in total. The lowest BCUT2D eigenvalue weighted by Gasteiger charge is -2.26. The average molecular weight is 306 g/mol. The van der Waals surface area contributed by atoms with E-state index in [1.807, 2.05) is 0 Å². The van der Waals surface area contributed by atoms with Gasteiger partial charge in [-0.1, -0.05) is 6.42 Å². The van der Waals surface area contributed by atoms with E-state index in [1.165, 1.54) is 11.0 Å². The molecule has 0 amide bonds. The van der Waals surface area contributed by atoms with Crippen LogP contribution in [0.5, 0.6) is 0 Å². The highest BCUT2D eigenvalue weighted by atomic mass is 16.5. The SMILES string of the molecule is Nc1ccn([C@H]2CC[C@@H](C(=O)CN3CCCCC3)O2)c(=O)n1. The summed E-state index contributed by atoms with van der Waals surface area (Å²) >= 11 is 0. The van der Waals surface area contributed by atoms with E-state index < -0.39 is 18.0 Å². The Morgan fingerprint density at radius 3 is 2.82 bits per heavy atom. The van der Waals surface area contributed by atoms with E-state index >= 15 is 0 Å². The molecule has 2 fully saturated rings. The number of Topliss-reactive ketones (excluding diaryl/α,β-unsaturated/α-hetero) is 1. The van der Waals surface area contributed by atoms with Gasteiger partial charge in [0.1, 0.15) is 18.1 Å². The maximum atomic E-state index is 12.3. The van der Waals surface area contributed by atoms with Crippen molar-refractivity contribution in [2.24, 2.45) is 0 Å². The summed E-state index contributed by atoms with van der Waals surface area (Å²) < 4.78 is 7.18. The van der Waals surface area contributed by atoms with Crippen LogP contribution in [0.3, 0.4) is 0 Å². The van der Waals surface area contributed by atoms with Crippen LogP contribution in [0.25, 0.3) is 0 Å². The highest BCUT2D eigenvalue weighted by Crippen LogP contribution is 2.28. The number of hydrogen-bond donors (Lipinski definition) is 1. The minimum Gasteiger partial charge on any atom is -0.383 e. The van der Waals surface area contributed by atoms with Crippen molar-refractivity contribution in [1.29, 1.82) is 0 Å². The van der Waals surface area contributed by atoms with Gasteiger partial charge in [-0.25, -0.2) is 4.79 Å². The molecule has 120 valence electrons. The van der Waals surface area contributed by atoms with Gasteiger partial charge in [0.25, 0.3) is 0 Å². The summed E-state index contributed by atoms with van der Waals surface area (Å²) in [6.07, 6.45) is 5.59. The molecule has 0 bridgehead atoms. The smallest absolute Gasteiger partial charge is 0.351 e. The number of carbonyl (C=O) groups excluding carboxylic acids is 1. The minimum absolute atomic E-state index is 0.112. The monoisotopic (exact) mass is 306 g/mol. The molecule has 7 heteroatoms. The molecule has 1 aromatic rings. The predicted molar refractivity (Wildman–Crippen MR) is 81.4 cm³/mol. The van der Waals surface area contributed by atoms with Crippen LogP contribution < -0.4 is 11.4 Å². The third-order valence-electron chi connectivity index (χ3n) is 4.35. The number of nitrogens with zero attached hydrogens (tertiary/aromatic N) is 3. The number of nitrogens with two attached hydrogens (primary N) is 1. The average Bonchev–Trinajstić information content (AvgIpc) is 2.98. The molecule has 2 saturated heterocycles. The first-order valence-electron chi connectivity index (χ1n) is 7.88. The van der Waals surface area contributed by atoms with E-state index in [0.29, 0.717) is 19.4 Å². The van der Waals surface area contributed by atoms with Gasteiger partial charge >= 0.3 is 5.69 Å². The van der Waals surface area contributed by atoms with Gasteiger partial charge in [-0.05, 0) is 44.8 Å². The summed E-state index contributed by atoms with van der Waals surface area (Å²) in [5, 5.41) is 0. The zero-order valence-electron chi connectivity index (χ0n) is 12.6. The molecule has 3 heterocycles. The molecule has 0 radical (unpaired) electrons. The number of anilines is 1. The normalized spacial score (nSPS) is 26.2. The predicted octanol–water partition coefficient (Wildman–Crippen LogP) is 0.558. The molecule has 2 aliphatic heterocycles. The van der Waals surface area contributed by atoms with Gasteiger partial charge in [-0.15, -0.1) is 0 Å². The molecule has 22 heavy (non-hydrogen) atoms. The number of piperidine rings is 1. The van der Waals surface area contributed by atoms with Gasteiger partial charge in [0.05, 0.1) is 6.54 Å². The summed E-state index contributed by atoms with van der Waals surface area (Å²) in [5.41, 5.74) is 5.04. The quantitative estimate of drug-likeness (QED) is 0.874. The standard InChI is InChI=1S/C15H22N4O3/c16-13-6-9-19(15(21)17-13)14-5-4-12(22-14)11(20)10-18-7-2-1-3-8-18/h6,9,12,14H,1-5,7-8,10H2,(H2,16,17,21)/t12-,14+/m0/s1. The van der Waals surface area contributed by atoms with Crippen molar-refractivity contribution < 1.29 is 9.53 Å². The van der Waals surface area contributed by atoms with Crippen LogP contribution in [0, 0.1) is 0 Å². The molecule has 7 nitrogen and oxygen atoms in total. The van der Waals surface area contributed by atoms with E-state index in [4.69, 9.17) is 10.5 Å². The molecule has 3 rings (SSSR count). The molecule has 0 spiro atoms. The molecule has 2 aliphatic rings. The van der Waals surface area contributed by atoms with E-state index in [-0.39, 0.29) is 11.6 Å². The molecule has 0 aromatic carbocycles. The first-order valence-corrected chi connectivity index (χ1v) is 7.88. The van der Waals surface area contributed by atoms with Crippen molar-refractivity contribution in [3.8, 4) is 0 Å². The van der Waals surface area contributed by atoms with E-state index in [1.54, 1.807) is 12.3 Å². The van der Waals surface area contributed by atoms with E-state index in [9.17, 15) is 9.59 Å². The van der Waals surface area contributed by atoms with E-state index in [0.717, 1.165) is 25.9 Å². The number of ketones is 1. The van der Waals surface area contributed by atoms with Gasteiger partial charge in [0.2, 0.25) is 0 Å². The van der Waals surface area contributed by atoms with Gasteiger partial charge in [-0.2, -0.15) is 4.98 Å². The largest absolute Gasteiger partial charge is 0.383 e. The van der Waals surface area contributed by atoms with Gasteiger partial charge in [0.15, 0.2) is 5.78 Å². The van der Waals surface area contributed by atoms with Crippen LogP contribution in [-0.4, -0.2) is 46.0 Å². The highest BCUT2D eigenvalue weighted by molar-refractivity contribution is 5.85. The minimum atomic E-state index is -0.436. The van der Waals surface area contributed by atoms with E-state index in [2.05, 4.69) is 9.88 Å². The van der Waals surface area contributed by atoms with Crippen LogP contribution in [0.15, 0.2) is 17.1 Å². The fourth-order valence-corrected chi connectivity index (χ4v) is 3.15. The Morgan fingerprint density at radius 1 is 1.32 bits per heavy atom. The second kappa shape index (κ2) is 6.58. The number of carbonyl (C=O) groups is 1. The molecule has 0 saturated carbocycles. The maximum absolute atomic E-state index is 12.3. The Morgan fingerprint density at radius 2 is 2.09 bits per heavy atom. The fourth-order valence-electron chi connectivity index (χ4n) is 3.15. The lowest BCUT2D eigenvalue weighted by molar-refractivity contribution is -0.133. The molecule has 2 atom stereocenters. The molecular weight excluding hydrogens is 284 g/mol. The van der Waals surface area contributed by atoms with Crippen LogP contribution in [0.1, 0.15) is 38.3 Å². The Hall–Kier alpha value is -1.73. The van der Waals surface area contributed by atoms with Crippen LogP contribution in [0.2, 0.25) is 0 Å². The molecule has 0 aliphatic carbocycles. The number of rotatable bonds is 4. The first kappa shape index (κ1) is 15.2. The molecular formula is C15H22N4O3. The number of likely N-dealkylation sites (tertiary alicyclic amines) is 1. The third-order valence-corrected chi connectivity index (χ3v) is 4.35. The zero-order valence-corrected chi connectivity index (χ0v) is 12.6. The Balaban J connectivity index is 1.59. The van der Waals surface area contributed by atoms with Crippen molar-refractivity contribution in [2.45, 2.75) is 44.4 Å². The number of aromatic nitrogens is 2. The summed E-state index contributed by atoms with van der Waals surface area (Å²) in [4.78, 5) is 30.0. The molecule has 1 aromatic heterocycles. The fraction of sp³-hybridized carbons (Fsp3) is 0.667. The topological polar surface area (TPSA) is 90.5 Å². The lowest BCUT2D eigenvalue weighted by atomic mass is 10.1. The summed E-state index contributed by atoms with van der Waals surface area (Å²) in [5.74, 6) is 0.304. The van der Waals surface area contributed by atoms with Crippen molar-refractivity contribution in [3.05, 3.63) is 22.7 Å². The van der Waals surface area contributed by atoms with Gasteiger partial charge < -0.3 is 10.5 Å². The summed E-state index contributed by atoms with van der Waals surface area (Å²) in [6.45, 7) is 2.43. The second-order valence-electron chi connectivity index (χ2n) is 6.00. The Bertz CT molecular complexity index is 595. The van der Waals surface area contributed by atoms with Crippen molar-refractivity contribution in [1.82, 2.24) is 14.5 Å². The Kier molecular flexibility index (Phi) is 4.54. The van der Waals surface area contributed by atoms with Gasteiger partial charge in [-0.3, -0.25) is 14.3 Å². The number of hydrogen-bond acceptors (Lipinski definition) is 6. The third kappa shape index (κ3) is 3.36.